The summed E-state index contributed by atoms with van der Waals surface area (Å²) in [5.41, 5.74) is 10.5. The molecule has 0 radical (unpaired) electrons. The lowest BCUT2D eigenvalue weighted by Crippen LogP contribution is -2.46. The maximum absolute atomic E-state index is 13.2. The van der Waals surface area contributed by atoms with E-state index in [1.54, 1.807) is 0 Å². The second kappa shape index (κ2) is 38.6. The van der Waals surface area contributed by atoms with Crippen LogP contribution >= 0.6 is 0 Å². The van der Waals surface area contributed by atoms with Crippen LogP contribution in [0.4, 0.5) is 0 Å². The van der Waals surface area contributed by atoms with Crippen molar-refractivity contribution in [2.75, 3.05) is 13.1 Å². The first-order valence-electron chi connectivity index (χ1n) is 22.5. The molecule has 0 aromatic rings. The topological polar surface area (TPSA) is 136 Å². The molecule has 0 heterocycles. The molecule has 0 aromatic heterocycles. The maximum Gasteiger partial charge on any atom is 0.240 e. The minimum atomic E-state index is -1.15. The van der Waals surface area contributed by atoms with Gasteiger partial charge in [-0.25, -0.2) is 0 Å². The van der Waals surface area contributed by atoms with E-state index in [0.29, 0.717) is 0 Å². The molecule has 0 aliphatic rings. The van der Waals surface area contributed by atoms with Gasteiger partial charge in [0.2, 0.25) is 23.6 Å². The number of primary amides is 2. The maximum atomic E-state index is 13.2. The van der Waals surface area contributed by atoms with Crippen molar-refractivity contribution in [1.82, 2.24) is 10.2 Å². The lowest BCUT2D eigenvalue weighted by Gasteiger charge is -2.23. The molecule has 5 N–H and O–H groups in total. The number of carbonyl (C=O) groups excluding carboxylic acids is 4. The molecule has 0 bridgehead atoms. The molecule has 0 rings (SSSR count). The Morgan fingerprint density at radius 2 is 0.731 bits per heavy atom. The van der Waals surface area contributed by atoms with E-state index in [9.17, 15) is 19.2 Å². The van der Waals surface area contributed by atoms with Crippen LogP contribution in [0.15, 0.2) is 0 Å². The molecule has 306 valence electrons. The molecule has 1 unspecified atom stereocenters. The van der Waals surface area contributed by atoms with E-state index in [-0.39, 0.29) is 25.2 Å². The van der Waals surface area contributed by atoms with Gasteiger partial charge in [-0.3, -0.25) is 19.2 Å². The molecule has 8 heteroatoms. The normalized spacial score (nSPS) is 11.8. The van der Waals surface area contributed by atoms with E-state index >= 15 is 0 Å². The third kappa shape index (κ3) is 34.9. The van der Waals surface area contributed by atoms with Crippen LogP contribution in [0.5, 0.6) is 0 Å². The van der Waals surface area contributed by atoms with Crippen LogP contribution in [0, 0.1) is 0 Å². The Morgan fingerprint density at radius 1 is 0.442 bits per heavy atom. The zero-order valence-electron chi connectivity index (χ0n) is 34.5. The molecule has 0 aromatic carbocycles. The molecule has 0 fully saturated rings. The van der Waals surface area contributed by atoms with Crippen LogP contribution in [0.3, 0.4) is 0 Å². The average Bonchev–Trinajstić information content (AvgIpc) is 3.12. The predicted molar refractivity (Wildman–Crippen MR) is 220 cm³/mol. The summed E-state index contributed by atoms with van der Waals surface area (Å²) in [6, 6.07) is -1.15. The smallest absolute Gasteiger partial charge is 0.240 e. The fraction of sp³-hybridized carbons (Fsp3) is 0.909. The number of unbranched alkanes of at least 4 members (excludes halogenated alkanes) is 30. The zero-order valence-corrected chi connectivity index (χ0v) is 34.5. The van der Waals surface area contributed by atoms with Gasteiger partial charge in [-0.15, -0.1) is 0 Å². The SMILES string of the molecule is CCCCCCCCCCCCCCCCCCN(CCCCCCCCCCCCCCCCCC)C(=O)CCC(=O)NC(CC(N)=O)C(N)=O. The lowest BCUT2D eigenvalue weighted by molar-refractivity contribution is -0.134. The van der Waals surface area contributed by atoms with Crippen LogP contribution < -0.4 is 16.8 Å². The zero-order chi connectivity index (χ0) is 38.3. The van der Waals surface area contributed by atoms with Crippen molar-refractivity contribution >= 4 is 23.6 Å². The second-order valence-electron chi connectivity index (χ2n) is 15.7. The number of rotatable bonds is 41. The van der Waals surface area contributed by atoms with Crippen molar-refractivity contribution in [3.63, 3.8) is 0 Å². The van der Waals surface area contributed by atoms with Gasteiger partial charge in [0.05, 0.1) is 6.42 Å². The highest BCUT2D eigenvalue weighted by Crippen LogP contribution is 2.16. The third-order valence-corrected chi connectivity index (χ3v) is 10.6. The van der Waals surface area contributed by atoms with Crippen molar-refractivity contribution in [1.29, 1.82) is 0 Å². The molecule has 0 saturated heterocycles. The quantitative estimate of drug-likeness (QED) is 0.0539. The minimum Gasteiger partial charge on any atom is -0.370 e. The first-order chi connectivity index (χ1) is 25.3. The summed E-state index contributed by atoms with van der Waals surface area (Å²) in [4.78, 5) is 50.4. The van der Waals surface area contributed by atoms with Gasteiger partial charge in [-0.2, -0.15) is 0 Å². The van der Waals surface area contributed by atoms with Gasteiger partial charge in [0.15, 0.2) is 0 Å². The summed E-state index contributed by atoms with van der Waals surface area (Å²) in [6.07, 6.45) is 41.8. The Bertz CT molecular complexity index is 816. The summed E-state index contributed by atoms with van der Waals surface area (Å²) in [5.74, 6) is -2.03. The standard InChI is InChI=1S/C44H86N4O4/c1-3-5-7-9-11-13-15-17-19-21-23-25-27-29-31-33-37-48(43(51)36-35-42(50)47-40(44(46)52)39-41(45)49)38-34-32-30-28-26-24-22-20-18-16-14-12-10-8-6-4-2/h40H,3-39H2,1-2H3,(H2,45,49)(H2,46,52)(H,47,50). The van der Waals surface area contributed by atoms with Crippen LogP contribution in [0.1, 0.15) is 239 Å². The Balaban J connectivity index is 4.30. The first kappa shape index (κ1) is 49.9. The van der Waals surface area contributed by atoms with Crippen molar-refractivity contribution in [3.8, 4) is 0 Å². The molecular formula is C44H86N4O4. The molecule has 8 nitrogen and oxygen atoms in total. The fourth-order valence-electron chi connectivity index (χ4n) is 7.13. The molecule has 0 aliphatic heterocycles. The first-order valence-corrected chi connectivity index (χ1v) is 22.5. The number of amides is 4. The fourth-order valence-corrected chi connectivity index (χ4v) is 7.13. The molecule has 0 aliphatic carbocycles. The Hall–Kier alpha value is -2.12. The molecule has 0 spiro atoms. The van der Waals surface area contributed by atoms with Gasteiger partial charge in [-0.1, -0.05) is 206 Å². The van der Waals surface area contributed by atoms with Crippen LogP contribution in [-0.4, -0.2) is 47.7 Å². The highest BCUT2D eigenvalue weighted by molar-refractivity contribution is 5.91. The summed E-state index contributed by atoms with van der Waals surface area (Å²) in [6.45, 7) is 6.00. The number of hydrogen-bond acceptors (Lipinski definition) is 4. The Kier molecular flexibility index (Phi) is 37.0. The van der Waals surface area contributed by atoms with Crippen molar-refractivity contribution in [2.24, 2.45) is 11.5 Å². The van der Waals surface area contributed by atoms with E-state index < -0.39 is 23.8 Å². The summed E-state index contributed by atoms with van der Waals surface area (Å²) in [5, 5.41) is 2.46. The number of nitrogens with zero attached hydrogens (tertiary/aromatic N) is 1. The Morgan fingerprint density at radius 3 is 1.00 bits per heavy atom. The minimum absolute atomic E-state index is 0.0254. The van der Waals surface area contributed by atoms with Crippen molar-refractivity contribution < 1.29 is 19.2 Å². The molecule has 4 amide bonds. The molecule has 1 atom stereocenters. The van der Waals surface area contributed by atoms with Crippen molar-refractivity contribution in [2.45, 2.75) is 245 Å². The molecule has 52 heavy (non-hydrogen) atoms. The van der Waals surface area contributed by atoms with Gasteiger partial charge >= 0.3 is 0 Å². The van der Waals surface area contributed by atoms with Crippen molar-refractivity contribution in [3.05, 3.63) is 0 Å². The average molecular weight is 735 g/mol. The summed E-state index contributed by atoms with van der Waals surface area (Å²) in [7, 11) is 0. The van der Waals surface area contributed by atoms with Crippen LogP contribution in [0.2, 0.25) is 0 Å². The highest BCUT2D eigenvalue weighted by Gasteiger charge is 2.21. The van der Waals surface area contributed by atoms with E-state index in [2.05, 4.69) is 19.2 Å². The van der Waals surface area contributed by atoms with Gasteiger partial charge in [0.1, 0.15) is 6.04 Å². The van der Waals surface area contributed by atoms with Gasteiger partial charge in [-0.05, 0) is 12.8 Å². The van der Waals surface area contributed by atoms with E-state index in [4.69, 9.17) is 11.5 Å². The molecular weight excluding hydrogens is 649 g/mol. The van der Waals surface area contributed by atoms with E-state index in [0.717, 1.165) is 38.8 Å². The molecule has 0 saturated carbocycles. The second-order valence-corrected chi connectivity index (χ2v) is 15.7. The van der Waals surface area contributed by atoms with Gasteiger partial charge in [0.25, 0.3) is 0 Å². The number of nitrogens with two attached hydrogens (primary N) is 2. The highest BCUT2D eigenvalue weighted by atomic mass is 16.2. The third-order valence-electron chi connectivity index (χ3n) is 10.6. The Labute approximate surface area is 321 Å². The van der Waals surface area contributed by atoms with Gasteiger partial charge in [0, 0.05) is 25.9 Å². The number of hydrogen-bond donors (Lipinski definition) is 3. The van der Waals surface area contributed by atoms with Crippen LogP contribution in [-0.2, 0) is 19.2 Å². The number of nitrogens with one attached hydrogen (secondary N) is 1. The van der Waals surface area contributed by atoms with E-state index in [1.807, 2.05) is 4.90 Å². The summed E-state index contributed by atoms with van der Waals surface area (Å²) < 4.78 is 0. The van der Waals surface area contributed by atoms with Crippen LogP contribution in [0.25, 0.3) is 0 Å². The predicted octanol–water partition coefficient (Wildman–Crippen LogP) is 11.0. The number of carbonyl (C=O) groups is 4. The lowest BCUT2D eigenvalue weighted by atomic mass is 10.0. The monoisotopic (exact) mass is 735 g/mol. The van der Waals surface area contributed by atoms with Gasteiger partial charge < -0.3 is 21.7 Å². The summed E-state index contributed by atoms with van der Waals surface area (Å²) >= 11 is 0. The largest absolute Gasteiger partial charge is 0.370 e. The van der Waals surface area contributed by atoms with E-state index in [1.165, 1.54) is 180 Å².